The van der Waals surface area contributed by atoms with E-state index in [1.54, 1.807) is 6.26 Å². The first-order chi connectivity index (χ1) is 8.66. The Labute approximate surface area is 116 Å². The predicted molar refractivity (Wildman–Crippen MR) is 85.4 cm³/mol. The summed E-state index contributed by atoms with van der Waals surface area (Å²) in [5.74, 6) is 0. The van der Waals surface area contributed by atoms with E-state index < -0.39 is 0 Å². The van der Waals surface area contributed by atoms with Gasteiger partial charge in [0.2, 0.25) is 0 Å². The number of rotatable bonds is 2. The average molecular weight is 256 g/mol. The van der Waals surface area contributed by atoms with Crippen LogP contribution in [0.25, 0.3) is 5.57 Å². The van der Waals surface area contributed by atoms with Gasteiger partial charge in [-0.2, -0.15) is 12.6 Å². The molecule has 1 heteroatoms. The lowest BCUT2D eigenvalue weighted by Crippen LogP contribution is -1.86. The number of hydrogen-bond donors (Lipinski definition) is 1. The van der Waals surface area contributed by atoms with Crippen LogP contribution in [-0.4, -0.2) is 6.26 Å². The summed E-state index contributed by atoms with van der Waals surface area (Å²) in [6, 6.07) is 17.0. The second-order valence-corrected chi connectivity index (χ2v) is 4.21. The minimum Gasteiger partial charge on any atom is -0.183 e. The van der Waals surface area contributed by atoms with Gasteiger partial charge in [0.1, 0.15) is 0 Å². The van der Waals surface area contributed by atoms with Crippen molar-refractivity contribution in [2.24, 2.45) is 0 Å². The van der Waals surface area contributed by atoms with Gasteiger partial charge in [-0.25, -0.2) is 0 Å². The lowest BCUT2D eigenvalue weighted by Gasteiger charge is -2.07. The fraction of sp³-hybridized carbons (Fsp3) is 0.176. The van der Waals surface area contributed by atoms with E-state index in [0.717, 1.165) is 5.57 Å². The van der Waals surface area contributed by atoms with Crippen LogP contribution in [0.4, 0.5) is 0 Å². The number of benzene rings is 2. The van der Waals surface area contributed by atoms with Crippen LogP contribution in [0, 0.1) is 13.8 Å². The summed E-state index contributed by atoms with van der Waals surface area (Å²) >= 11 is 3.53. The zero-order chi connectivity index (χ0) is 13.5. The number of hydrogen-bond acceptors (Lipinski definition) is 1. The van der Waals surface area contributed by atoms with Gasteiger partial charge in [0.05, 0.1) is 0 Å². The molecule has 0 radical (unpaired) electrons. The van der Waals surface area contributed by atoms with Gasteiger partial charge in [0, 0.05) is 0 Å². The Balaban J connectivity index is 0.000000771. The molecule has 2 aromatic rings. The molecule has 2 rings (SSSR count). The molecule has 94 valence electrons. The lowest BCUT2D eigenvalue weighted by molar-refractivity contribution is 1.43. The zero-order valence-electron chi connectivity index (χ0n) is 11.3. The number of thiol groups is 1. The third kappa shape index (κ3) is 3.78. The molecule has 0 aromatic heterocycles. The van der Waals surface area contributed by atoms with E-state index in [-0.39, 0.29) is 0 Å². The highest BCUT2D eigenvalue weighted by Gasteiger charge is 2.01. The molecule has 0 aliphatic heterocycles. The van der Waals surface area contributed by atoms with Gasteiger partial charge in [-0.3, -0.25) is 0 Å². The van der Waals surface area contributed by atoms with Crippen LogP contribution in [0.1, 0.15) is 22.3 Å². The second kappa shape index (κ2) is 7.07. The normalized spacial score (nSPS) is 9.33. The van der Waals surface area contributed by atoms with Crippen LogP contribution in [0.3, 0.4) is 0 Å². The molecular formula is C17H20S. The van der Waals surface area contributed by atoms with Crippen molar-refractivity contribution in [3.05, 3.63) is 77.4 Å². The first kappa shape index (κ1) is 14.6. The quantitative estimate of drug-likeness (QED) is 0.725. The van der Waals surface area contributed by atoms with Crippen molar-refractivity contribution < 1.29 is 0 Å². The fourth-order valence-corrected chi connectivity index (χ4v) is 1.68. The third-order valence-electron chi connectivity index (χ3n) is 2.80. The van der Waals surface area contributed by atoms with Crippen molar-refractivity contribution in [3.63, 3.8) is 0 Å². The molecule has 0 aliphatic rings. The van der Waals surface area contributed by atoms with Crippen LogP contribution in [0.5, 0.6) is 0 Å². The van der Waals surface area contributed by atoms with E-state index in [1.165, 1.54) is 22.3 Å². The van der Waals surface area contributed by atoms with E-state index in [1.807, 2.05) is 0 Å². The van der Waals surface area contributed by atoms with Crippen LogP contribution >= 0.6 is 12.6 Å². The summed E-state index contributed by atoms with van der Waals surface area (Å²) in [6.07, 6.45) is 1.69. The maximum atomic E-state index is 4.15. The van der Waals surface area contributed by atoms with Crippen LogP contribution in [-0.2, 0) is 0 Å². The molecule has 0 nitrogen and oxygen atoms in total. The molecule has 0 heterocycles. The minimum atomic E-state index is 1.08. The summed E-state index contributed by atoms with van der Waals surface area (Å²) in [5.41, 5.74) is 6.02. The van der Waals surface area contributed by atoms with Gasteiger partial charge < -0.3 is 0 Å². The van der Waals surface area contributed by atoms with Crippen molar-refractivity contribution in [3.8, 4) is 0 Å². The smallest absolute Gasteiger partial charge is 0.0183 e. The average Bonchev–Trinajstić information content (AvgIpc) is 2.42. The van der Waals surface area contributed by atoms with E-state index in [9.17, 15) is 0 Å². The summed E-state index contributed by atoms with van der Waals surface area (Å²) in [6.45, 7) is 8.35. The van der Waals surface area contributed by atoms with E-state index >= 15 is 0 Å². The molecule has 0 bridgehead atoms. The Morgan fingerprint density at radius 2 is 1.00 bits per heavy atom. The zero-order valence-corrected chi connectivity index (χ0v) is 12.2. The summed E-state index contributed by atoms with van der Waals surface area (Å²) < 4.78 is 0. The van der Waals surface area contributed by atoms with Gasteiger partial charge in [0.15, 0.2) is 0 Å². The predicted octanol–water partition coefficient (Wildman–Crippen LogP) is 4.91. The maximum Gasteiger partial charge on any atom is -0.0183 e. The third-order valence-corrected chi connectivity index (χ3v) is 2.80. The SMILES string of the molecule is C=C(c1ccc(C)cc1)c1ccc(C)cc1.CS. The van der Waals surface area contributed by atoms with Gasteiger partial charge in [-0.05, 0) is 36.8 Å². The van der Waals surface area contributed by atoms with Crippen LogP contribution in [0.15, 0.2) is 55.1 Å². The van der Waals surface area contributed by atoms with Gasteiger partial charge in [-0.1, -0.05) is 66.2 Å². The Kier molecular flexibility index (Phi) is 5.73. The highest BCUT2D eigenvalue weighted by molar-refractivity contribution is 7.79. The number of aryl methyl sites for hydroxylation is 2. The van der Waals surface area contributed by atoms with Crippen LogP contribution < -0.4 is 0 Å². The maximum absolute atomic E-state index is 4.15. The summed E-state index contributed by atoms with van der Waals surface area (Å²) in [7, 11) is 0. The van der Waals surface area contributed by atoms with E-state index in [4.69, 9.17) is 0 Å². The molecule has 0 saturated heterocycles. The minimum absolute atomic E-state index is 1.08. The molecule has 0 atom stereocenters. The Morgan fingerprint density at radius 1 is 0.722 bits per heavy atom. The van der Waals surface area contributed by atoms with Crippen molar-refractivity contribution in [2.75, 3.05) is 6.26 Å². The largest absolute Gasteiger partial charge is 0.183 e. The monoisotopic (exact) mass is 256 g/mol. The van der Waals surface area contributed by atoms with E-state index in [0.29, 0.717) is 0 Å². The van der Waals surface area contributed by atoms with Crippen molar-refractivity contribution in [1.29, 1.82) is 0 Å². The van der Waals surface area contributed by atoms with Crippen molar-refractivity contribution in [1.82, 2.24) is 0 Å². The van der Waals surface area contributed by atoms with E-state index in [2.05, 4.69) is 81.6 Å². The molecule has 0 N–H and O–H groups in total. The Bertz CT molecular complexity index is 445. The van der Waals surface area contributed by atoms with Crippen molar-refractivity contribution >= 4 is 18.2 Å². The molecule has 0 spiro atoms. The Hall–Kier alpha value is -1.47. The fourth-order valence-electron chi connectivity index (χ4n) is 1.68. The molecule has 0 aliphatic carbocycles. The standard InChI is InChI=1S/C16H16.CH4S/c1-12-4-8-15(9-5-12)14(3)16-10-6-13(2)7-11-16;1-2/h4-11H,3H2,1-2H3;2H,1H3. The van der Waals surface area contributed by atoms with Crippen molar-refractivity contribution in [2.45, 2.75) is 13.8 Å². The first-order valence-corrected chi connectivity index (χ1v) is 6.84. The topological polar surface area (TPSA) is 0 Å². The molecular weight excluding hydrogens is 236 g/mol. The first-order valence-electron chi connectivity index (χ1n) is 5.94. The van der Waals surface area contributed by atoms with Gasteiger partial charge in [-0.15, -0.1) is 0 Å². The molecule has 0 saturated carbocycles. The molecule has 0 unspecified atom stereocenters. The molecule has 18 heavy (non-hydrogen) atoms. The molecule has 0 amide bonds. The summed E-state index contributed by atoms with van der Waals surface area (Å²) in [5, 5.41) is 0. The molecule has 2 aromatic carbocycles. The Morgan fingerprint density at radius 3 is 1.28 bits per heavy atom. The molecule has 0 fully saturated rings. The van der Waals surface area contributed by atoms with Crippen LogP contribution in [0.2, 0.25) is 0 Å². The van der Waals surface area contributed by atoms with Gasteiger partial charge >= 0.3 is 0 Å². The highest BCUT2D eigenvalue weighted by atomic mass is 32.1. The lowest BCUT2D eigenvalue weighted by atomic mass is 9.98. The summed E-state index contributed by atoms with van der Waals surface area (Å²) in [4.78, 5) is 0. The second-order valence-electron chi connectivity index (χ2n) is 4.21. The van der Waals surface area contributed by atoms with Gasteiger partial charge in [0.25, 0.3) is 0 Å². The highest BCUT2D eigenvalue weighted by Crippen LogP contribution is 2.21.